The van der Waals surface area contributed by atoms with Gasteiger partial charge in [0.2, 0.25) is 0 Å². The minimum Gasteiger partial charge on any atom is -0.355 e. The number of benzene rings is 1. The molecular weight excluding hydrogens is 574 g/mol. The van der Waals surface area contributed by atoms with Crippen LogP contribution in [0.15, 0.2) is 51.1 Å². The van der Waals surface area contributed by atoms with Gasteiger partial charge in [-0.15, -0.1) is 11.3 Å². The van der Waals surface area contributed by atoms with Gasteiger partial charge in [0.15, 0.2) is 0 Å². The molecule has 1 saturated heterocycles. The van der Waals surface area contributed by atoms with Crippen LogP contribution in [-0.2, 0) is 17.4 Å². The molecule has 1 aliphatic heterocycles. The van der Waals surface area contributed by atoms with Crippen LogP contribution in [0.5, 0.6) is 0 Å². The molecule has 1 aliphatic carbocycles. The molecule has 0 amide bonds. The van der Waals surface area contributed by atoms with Crippen molar-refractivity contribution in [2.45, 2.75) is 60.7 Å². The summed E-state index contributed by atoms with van der Waals surface area (Å²) in [7, 11) is -1.16. The molecule has 0 saturated carbocycles. The van der Waals surface area contributed by atoms with E-state index in [4.69, 9.17) is 16.6 Å². The summed E-state index contributed by atoms with van der Waals surface area (Å²) < 4.78 is 16.2. The largest absolute Gasteiger partial charge is 0.355 e. The lowest BCUT2D eigenvalue weighted by molar-refractivity contribution is 0.177. The van der Waals surface area contributed by atoms with E-state index in [0.29, 0.717) is 21.0 Å². The first kappa shape index (κ1) is 26.8. The summed E-state index contributed by atoms with van der Waals surface area (Å²) in [6, 6.07) is 3.66. The number of nitrogens with zero attached hydrogens (tertiary/aromatic N) is 5. The highest BCUT2D eigenvalue weighted by molar-refractivity contribution is 7.99. The van der Waals surface area contributed by atoms with Crippen molar-refractivity contribution in [2.24, 2.45) is 5.41 Å². The number of hydrogen-bond acceptors (Lipinski definition) is 9. The molecular formula is C26H28ClN7O2S3. The van der Waals surface area contributed by atoms with Gasteiger partial charge in [-0.1, -0.05) is 23.4 Å². The summed E-state index contributed by atoms with van der Waals surface area (Å²) in [5, 5.41) is 1.41. The summed E-state index contributed by atoms with van der Waals surface area (Å²) in [6.07, 6.45) is 7.70. The number of fused-ring (bicyclic) bond motifs is 2. The molecule has 204 valence electrons. The van der Waals surface area contributed by atoms with Crippen molar-refractivity contribution in [2.75, 3.05) is 18.0 Å². The number of piperidine rings is 1. The maximum Gasteiger partial charge on any atom is 0.260 e. The van der Waals surface area contributed by atoms with Crippen LogP contribution < -0.4 is 15.2 Å². The lowest BCUT2D eigenvalue weighted by atomic mass is 9.74. The standard InChI is InChI=1S/C26H28ClN7O2S3/c1-25(2,3)39(36)33-23-22-16(32-14-37-22)10-26(23)6-8-34(9-7-26)18-11-29-19(12-28-18)38-17-5-4-15-20(21(17)27)24(35)31-13-30-15/h4-5,11-14,23,33H,6-10H2,1-3H3,(H,30,31,35)/t23-,39-/m0/s1. The van der Waals surface area contributed by atoms with E-state index in [1.165, 1.54) is 23.0 Å². The molecule has 0 bridgehead atoms. The Morgan fingerprint density at radius 3 is 2.69 bits per heavy atom. The molecule has 13 heteroatoms. The Morgan fingerprint density at radius 1 is 1.18 bits per heavy atom. The van der Waals surface area contributed by atoms with Crippen molar-refractivity contribution in [3.63, 3.8) is 0 Å². The van der Waals surface area contributed by atoms with Gasteiger partial charge < -0.3 is 9.88 Å². The number of nitrogens with one attached hydrogen (secondary N) is 2. The number of halogens is 1. The Bertz CT molecular complexity index is 1610. The van der Waals surface area contributed by atoms with E-state index in [0.717, 1.165) is 48.8 Å². The molecule has 9 nitrogen and oxygen atoms in total. The van der Waals surface area contributed by atoms with Gasteiger partial charge in [0.05, 0.1) is 67.6 Å². The zero-order valence-corrected chi connectivity index (χ0v) is 24.9. The molecule has 1 spiro atoms. The molecule has 6 rings (SSSR count). The number of thiazole rings is 1. The second-order valence-corrected chi connectivity index (χ2v) is 15.3. The van der Waals surface area contributed by atoms with Gasteiger partial charge in [-0.2, -0.15) is 0 Å². The maximum atomic E-state index is 13.1. The molecule has 4 heterocycles. The molecule has 39 heavy (non-hydrogen) atoms. The lowest BCUT2D eigenvalue weighted by Crippen LogP contribution is -2.48. The third-order valence-corrected chi connectivity index (χ3v) is 11.5. The molecule has 1 aromatic carbocycles. The van der Waals surface area contributed by atoms with Crippen LogP contribution >= 0.6 is 34.7 Å². The Morgan fingerprint density at radius 2 is 1.97 bits per heavy atom. The van der Waals surface area contributed by atoms with Crippen LogP contribution in [0, 0.1) is 5.41 Å². The lowest BCUT2D eigenvalue weighted by Gasteiger charge is -2.44. The zero-order chi connectivity index (χ0) is 27.4. The Kier molecular flexibility index (Phi) is 7.03. The van der Waals surface area contributed by atoms with E-state index in [9.17, 15) is 9.00 Å². The van der Waals surface area contributed by atoms with Crippen LogP contribution in [0.1, 0.15) is 50.2 Å². The predicted molar refractivity (Wildman–Crippen MR) is 157 cm³/mol. The first-order valence-electron chi connectivity index (χ1n) is 12.7. The highest BCUT2D eigenvalue weighted by Crippen LogP contribution is 2.53. The fourth-order valence-corrected chi connectivity index (χ4v) is 8.42. The molecule has 2 atom stereocenters. The van der Waals surface area contributed by atoms with Crippen molar-refractivity contribution < 1.29 is 4.21 Å². The van der Waals surface area contributed by atoms with E-state index < -0.39 is 11.0 Å². The predicted octanol–water partition coefficient (Wildman–Crippen LogP) is 4.91. The molecule has 2 aliphatic rings. The normalized spacial score (nSPS) is 19.5. The number of rotatable bonds is 5. The van der Waals surface area contributed by atoms with Crippen molar-refractivity contribution in [3.8, 4) is 0 Å². The van der Waals surface area contributed by atoms with Crippen molar-refractivity contribution in [3.05, 3.63) is 62.3 Å². The van der Waals surface area contributed by atoms with Crippen LogP contribution in [0.3, 0.4) is 0 Å². The summed E-state index contributed by atoms with van der Waals surface area (Å²) in [4.78, 5) is 37.1. The molecule has 0 radical (unpaired) electrons. The fraction of sp³-hybridized carbons (Fsp3) is 0.423. The monoisotopic (exact) mass is 601 g/mol. The molecule has 3 aromatic heterocycles. The topological polar surface area (TPSA) is 117 Å². The Labute approximate surface area is 241 Å². The van der Waals surface area contributed by atoms with Crippen LogP contribution in [0.4, 0.5) is 5.82 Å². The van der Waals surface area contributed by atoms with Crippen LogP contribution in [0.25, 0.3) is 10.9 Å². The third-order valence-electron chi connectivity index (χ3n) is 7.47. The van der Waals surface area contributed by atoms with Gasteiger partial charge in [0.1, 0.15) is 10.8 Å². The number of H-pyrrole nitrogens is 1. The number of hydrogen-bond donors (Lipinski definition) is 2. The Hall–Kier alpha value is -2.38. The van der Waals surface area contributed by atoms with Gasteiger partial charge in [0, 0.05) is 28.3 Å². The summed E-state index contributed by atoms with van der Waals surface area (Å²) in [5.74, 6) is 0.827. The first-order valence-corrected chi connectivity index (χ1v) is 15.9. The van der Waals surface area contributed by atoms with Gasteiger partial charge in [0.25, 0.3) is 5.56 Å². The van der Waals surface area contributed by atoms with Gasteiger partial charge >= 0.3 is 0 Å². The van der Waals surface area contributed by atoms with E-state index in [2.05, 4.69) is 29.6 Å². The van der Waals surface area contributed by atoms with E-state index in [1.807, 2.05) is 32.3 Å². The quantitative estimate of drug-likeness (QED) is 0.331. The summed E-state index contributed by atoms with van der Waals surface area (Å²) in [5.41, 5.74) is 3.31. The molecule has 2 N–H and O–H groups in total. The molecule has 1 fully saturated rings. The first-order chi connectivity index (χ1) is 18.6. The van der Waals surface area contributed by atoms with Crippen molar-refractivity contribution >= 4 is 62.4 Å². The number of aromatic amines is 1. The van der Waals surface area contributed by atoms with E-state index in [-0.39, 0.29) is 21.8 Å². The van der Waals surface area contributed by atoms with E-state index in [1.54, 1.807) is 29.8 Å². The highest BCUT2D eigenvalue weighted by atomic mass is 35.5. The second kappa shape index (κ2) is 10.2. The smallest absolute Gasteiger partial charge is 0.260 e. The number of aromatic nitrogens is 5. The van der Waals surface area contributed by atoms with Gasteiger partial charge in [-0.05, 0) is 52.2 Å². The van der Waals surface area contributed by atoms with E-state index >= 15 is 0 Å². The van der Waals surface area contributed by atoms with Crippen LogP contribution in [0.2, 0.25) is 5.02 Å². The molecule has 0 unspecified atom stereocenters. The van der Waals surface area contributed by atoms with Crippen molar-refractivity contribution in [1.82, 2.24) is 29.6 Å². The minimum absolute atomic E-state index is 0.00437. The van der Waals surface area contributed by atoms with Crippen LogP contribution in [-0.4, -0.2) is 47.0 Å². The average molecular weight is 602 g/mol. The number of anilines is 1. The molecule has 4 aromatic rings. The summed E-state index contributed by atoms with van der Waals surface area (Å²) in [6.45, 7) is 7.67. The highest BCUT2D eigenvalue weighted by Gasteiger charge is 2.50. The fourth-order valence-electron chi connectivity index (χ4n) is 5.29. The third kappa shape index (κ3) is 5.01. The average Bonchev–Trinajstić information content (AvgIpc) is 3.46. The Balaban J connectivity index is 1.15. The van der Waals surface area contributed by atoms with Gasteiger partial charge in [-0.3, -0.25) is 4.79 Å². The maximum absolute atomic E-state index is 13.1. The zero-order valence-electron chi connectivity index (χ0n) is 21.7. The van der Waals surface area contributed by atoms with Gasteiger partial charge in [-0.25, -0.2) is 28.9 Å². The summed E-state index contributed by atoms with van der Waals surface area (Å²) >= 11 is 9.56. The SMILES string of the molecule is CC(C)(C)[S@](=O)N[C@H]1c2scnc2CC12CCN(c1cnc(Sc3ccc4nc[nH]c(=O)c4c3Cl)cn1)CC2. The van der Waals surface area contributed by atoms with Crippen molar-refractivity contribution in [1.29, 1.82) is 0 Å². The second-order valence-electron chi connectivity index (χ2n) is 10.9. The minimum atomic E-state index is -1.16.